The van der Waals surface area contributed by atoms with E-state index < -0.39 is 0 Å². The van der Waals surface area contributed by atoms with E-state index in [-0.39, 0.29) is 5.91 Å². The van der Waals surface area contributed by atoms with Crippen LogP contribution in [0.2, 0.25) is 0 Å². The molecule has 2 aromatic rings. The van der Waals surface area contributed by atoms with Crippen LogP contribution in [-0.2, 0) is 4.79 Å². The van der Waals surface area contributed by atoms with Crippen molar-refractivity contribution in [3.63, 3.8) is 0 Å². The Labute approximate surface area is 149 Å². The molecule has 1 saturated heterocycles. The van der Waals surface area contributed by atoms with Crippen LogP contribution in [0.3, 0.4) is 0 Å². The molecule has 1 fully saturated rings. The third-order valence-corrected chi connectivity index (χ3v) is 4.89. The molecule has 0 radical (unpaired) electrons. The van der Waals surface area contributed by atoms with Crippen LogP contribution < -0.4 is 10.1 Å². The zero-order valence-corrected chi connectivity index (χ0v) is 14.8. The van der Waals surface area contributed by atoms with E-state index >= 15 is 0 Å². The van der Waals surface area contributed by atoms with Gasteiger partial charge in [0.25, 0.3) is 0 Å². The number of likely N-dealkylation sites (tertiary alicyclic amines) is 1. The first-order valence-electron chi connectivity index (χ1n) is 8.96. The fraction of sp³-hybridized carbons (Fsp3) is 0.381. The Hall–Kier alpha value is -2.33. The second-order valence-corrected chi connectivity index (χ2v) is 6.53. The number of nitrogens with zero attached hydrogens (tertiary/aromatic N) is 1. The van der Waals surface area contributed by atoms with Crippen LogP contribution in [0.25, 0.3) is 0 Å². The number of piperidine rings is 1. The molecule has 132 valence electrons. The number of para-hydroxylation sites is 2. The molecule has 4 nitrogen and oxygen atoms in total. The minimum atomic E-state index is 0.0367. The lowest BCUT2D eigenvalue weighted by atomic mass is 9.89. The van der Waals surface area contributed by atoms with Gasteiger partial charge in [0.1, 0.15) is 5.75 Å². The highest BCUT2D eigenvalue weighted by molar-refractivity contribution is 5.92. The van der Waals surface area contributed by atoms with E-state index in [9.17, 15) is 4.79 Å². The first-order valence-corrected chi connectivity index (χ1v) is 8.96. The van der Waals surface area contributed by atoms with Crippen LogP contribution in [0.15, 0.2) is 54.6 Å². The number of ether oxygens (including phenoxy) is 1. The highest BCUT2D eigenvalue weighted by atomic mass is 16.5. The lowest BCUT2D eigenvalue weighted by Gasteiger charge is -2.32. The van der Waals surface area contributed by atoms with E-state index in [1.54, 1.807) is 7.11 Å². The molecule has 0 unspecified atom stereocenters. The van der Waals surface area contributed by atoms with Gasteiger partial charge >= 0.3 is 0 Å². The number of hydrogen-bond donors (Lipinski definition) is 1. The molecule has 0 aliphatic carbocycles. The fourth-order valence-corrected chi connectivity index (χ4v) is 3.44. The van der Waals surface area contributed by atoms with Crippen molar-refractivity contribution in [1.29, 1.82) is 0 Å². The molecule has 0 spiro atoms. The zero-order valence-electron chi connectivity index (χ0n) is 14.8. The summed E-state index contributed by atoms with van der Waals surface area (Å²) in [6.07, 6.45) is 2.84. The maximum atomic E-state index is 12.2. The van der Waals surface area contributed by atoms with Gasteiger partial charge in [0.05, 0.1) is 12.8 Å². The average molecular weight is 338 g/mol. The van der Waals surface area contributed by atoms with E-state index in [0.717, 1.165) is 38.2 Å². The number of carbonyl (C=O) groups excluding carboxylic acids is 1. The number of rotatable bonds is 6. The molecular formula is C21H26N2O2. The van der Waals surface area contributed by atoms with Crippen molar-refractivity contribution in [2.75, 3.05) is 32.1 Å². The summed E-state index contributed by atoms with van der Waals surface area (Å²) in [5.74, 6) is 1.38. The smallest absolute Gasteiger partial charge is 0.225 e. The first kappa shape index (κ1) is 17.5. The maximum Gasteiger partial charge on any atom is 0.225 e. The van der Waals surface area contributed by atoms with Crippen molar-refractivity contribution in [2.24, 2.45) is 0 Å². The highest BCUT2D eigenvalue weighted by Crippen LogP contribution is 2.28. The predicted molar refractivity (Wildman–Crippen MR) is 101 cm³/mol. The van der Waals surface area contributed by atoms with Crippen LogP contribution in [-0.4, -0.2) is 37.6 Å². The molecule has 1 N–H and O–H groups in total. The number of anilines is 1. The molecule has 1 aliphatic heterocycles. The molecule has 0 atom stereocenters. The molecule has 1 amide bonds. The number of benzene rings is 2. The number of nitrogens with one attached hydrogen (secondary N) is 1. The van der Waals surface area contributed by atoms with Crippen LogP contribution in [0.5, 0.6) is 5.75 Å². The minimum absolute atomic E-state index is 0.0367. The Kier molecular flexibility index (Phi) is 6.07. The molecule has 2 aromatic carbocycles. The second-order valence-electron chi connectivity index (χ2n) is 6.53. The van der Waals surface area contributed by atoms with Crippen molar-refractivity contribution >= 4 is 11.6 Å². The zero-order chi connectivity index (χ0) is 17.5. The van der Waals surface area contributed by atoms with Gasteiger partial charge in [0.15, 0.2) is 0 Å². The lowest BCUT2D eigenvalue weighted by molar-refractivity contribution is -0.116. The summed E-state index contributed by atoms with van der Waals surface area (Å²) in [7, 11) is 1.61. The summed E-state index contributed by atoms with van der Waals surface area (Å²) >= 11 is 0. The van der Waals surface area contributed by atoms with E-state index in [2.05, 4.69) is 40.5 Å². The first-order chi connectivity index (χ1) is 12.3. The molecule has 1 aliphatic rings. The Morgan fingerprint density at radius 3 is 2.48 bits per heavy atom. The predicted octanol–water partition coefficient (Wildman–Crippen LogP) is 3.90. The Morgan fingerprint density at radius 2 is 1.76 bits per heavy atom. The van der Waals surface area contributed by atoms with E-state index in [0.29, 0.717) is 18.1 Å². The van der Waals surface area contributed by atoms with Crippen LogP contribution in [0.1, 0.15) is 30.7 Å². The van der Waals surface area contributed by atoms with E-state index in [1.807, 2.05) is 24.3 Å². The number of carbonyl (C=O) groups is 1. The van der Waals surface area contributed by atoms with Gasteiger partial charge in [-0.15, -0.1) is 0 Å². The van der Waals surface area contributed by atoms with Crippen molar-refractivity contribution in [3.05, 3.63) is 60.2 Å². The van der Waals surface area contributed by atoms with Gasteiger partial charge in [-0.25, -0.2) is 0 Å². The SMILES string of the molecule is COc1ccccc1NC(=O)CCN1CCC(c2ccccc2)CC1. The van der Waals surface area contributed by atoms with E-state index in [1.165, 1.54) is 5.56 Å². The molecule has 1 heterocycles. The van der Waals surface area contributed by atoms with Crippen molar-refractivity contribution in [2.45, 2.75) is 25.2 Å². The largest absolute Gasteiger partial charge is 0.495 e. The van der Waals surface area contributed by atoms with Crippen LogP contribution in [0.4, 0.5) is 5.69 Å². The van der Waals surface area contributed by atoms with Gasteiger partial charge in [-0.3, -0.25) is 4.79 Å². The van der Waals surface area contributed by atoms with Gasteiger partial charge in [-0.2, -0.15) is 0 Å². The van der Waals surface area contributed by atoms with E-state index in [4.69, 9.17) is 4.74 Å². The highest BCUT2D eigenvalue weighted by Gasteiger charge is 2.20. The molecule has 0 aromatic heterocycles. The van der Waals surface area contributed by atoms with Crippen molar-refractivity contribution < 1.29 is 9.53 Å². The number of methoxy groups -OCH3 is 1. The number of hydrogen-bond acceptors (Lipinski definition) is 3. The quantitative estimate of drug-likeness (QED) is 0.868. The Morgan fingerprint density at radius 1 is 1.08 bits per heavy atom. The van der Waals surface area contributed by atoms with Gasteiger partial charge in [-0.05, 0) is 49.5 Å². The summed E-state index contributed by atoms with van der Waals surface area (Å²) < 4.78 is 5.27. The van der Waals surface area contributed by atoms with Crippen LogP contribution in [0, 0.1) is 0 Å². The van der Waals surface area contributed by atoms with Crippen molar-refractivity contribution in [3.8, 4) is 5.75 Å². The Balaban J connectivity index is 1.43. The third kappa shape index (κ3) is 4.83. The third-order valence-electron chi connectivity index (χ3n) is 4.89. The molecule has 0 bridgehead atoms. The summed E-state index contributed by atoms with van der Waals surface area (Å²) in [6, 6.07) is 18.2. The maximum absolute atomic E-state index is 12.2. The summed E-state index contributed by atoms with van der Waals surface area (Å²) in [6.45, 7) is 2.92. The number of amides is 1. The van der Waals surface area contributed by atoms with Gasteiger partial charge in [0.2, 0.25) is 5.91 Å². The molecular weight excluding hydrogens is 312 g/mol. The topological polar surface area (TPSA) is 41.6 Å². The van der Waals surface area contributed by atoms with Gasteiger partial charge < -0.3 is 15.0 Å². The van der Waals surface area contributed by atoms with Gasteiger partial charge in [-0.1, -0.05) is 42.5 Å². The standard InChI is InChI=1S/C21H26N2O2/c1-25-20-10-6-5-9-19(20)22-21(24)13-16-23-14-11-18(12-15-23)17-7-3-2-4-8-17/h2-10,18H,11-16H2,1H3,(H,22,24). The average Bonchev–Trinajstić information content (AvgIpc) is 2.68. The monoisotopic (exact) mass is 338 g/mol. The molecule has 4 heteroatoms. The molecule has 3 rings (SSSR count). The summed E-state index contributed by atoms with van der Waals surface area (Å²) in [5.41, 5.74) is 2.17. The molecule has 0 saturated carbocycles. The normalized spacial score (nSPS) is 15.7. The minimum Gasteiger partial charge on any atom is -0.495 e. The second kappa shape index (κ2) is 8.67. The molecule has 25 heavy (non-hydrogen) atoms. The van der Waals surface area contributed by atoms with Crippen LogP contribution >= 0.6 is 0 Å². The van der Waals surface area contributed by atoms with Crippen molar-refractivity contribution in [1.82, 2.24) is 4.90 Å². The summed E-state index contributed by atoms with van der Waals surface area (Å²) in [4.78, 5) is 14.6. The Bertz CT molecular complexity index is 679. The fourth-order valence-electron chi connectivity index (χ4n) is 3.44. The summed E-state index contributed by atoms with van der Waals surface area (Å²) in [5, 5.41) is 2.95. The lowest BCUT2D eigenvalue weighted by Crippen LogP contribution is -2.35. The van der Waals surface area contributed by atoms with Gasteiger partial charge in [0, 0.05) is 13.0 Å².